The Bertz CT molecular complexity index is 1990. The number of aryl methyl sites for hydroxylation is 1. The number of benzene rings is 3. The third-order valence-corrected chi connectivity index (χ3v) is 10.4. The summed E-state index contributed by atoms with van der Waals surface area (Å²) in [5.74, 6) is -2.04. The molecule has 6 rings (SSSR count). The average Bonchev–Trinajstić information content (AvgIpc) is 3.76. The van der Waals surface area contributed by atoms with Gasteiger partial charge in [0.2, 0.25) is 11.8 Å². The number of amides is 4. The van der Waals surface area contributed by atoms with Crippen molar-refractivity contribution in [1.29, 1.82) is 0 Å². The molecule has 11 nitrogen and oxygen atoms in total. The first-order valence-electron chi connectivity index (χ1n) is 18.9. The number of unbranched alkanes of at least 4 members (excludes halogenated alkanes) is 2. The topological polar surface area (TPSA) is 128 Å². The van der Waals surface area contributed by atoms with E-state index in [1.54, 1.807) is 50.9 Å². The molecule has 1 fully saturated rings. The maximum Gasteiger partial charge on any atom is 0.274 e. The van der Waals surface area contributed by atoms with Crippen LogP contribution in [0.15, 0.2) is 72.8 Å². The van der Waals surface area contributed by atoms with Crippen LogP contribution in [0.1, 0.15) is 89.2 Å². The molecule has 3 heterocycles. The Kier molecular flexibility index (Phi) is 12.2. The van der Waals surface area contributed by atoms with Crippen LogP contribution in [-0.2, 0) is 29.1 Å². The first-order valence-corrected chi connectivity index (χ1v) is 18.9. The summed E-state index contributed by atoms with van der Waals surface area (Å²) in [4.78, 5) is 59.9. The SMILES string of the molecule is CCCCN(CCCC)C(=O)c1cc(C)n(-c2ccc(NC(=O)C3CC(=O)N(Cc4ccc(F)cc4)C3)cc2C(=O)N2Cc3ccccc3C[C@H]2CO)n1. The summed E-state index contributed by atoms with van der Waals surface area (Å²) in [6, 6.07) is 20.0. The molecule has 2 atom stereocenters. The van der Waals surface area contributed by atoms with Crippen molar-refractivity contribution in [3.8, 4) is 5.69 Å². The van der Waals surface area contributed by atoms with Crippen LogP contribution >= 0.6 is 0 Å². The minimum Gasteiger partial charge on any atom is -0.394 e. The van der Waals surface area contributed by atoms with Crippen LogP contribution in [0.4, 0.5) is 10.1 Å². The summed E-state index contributed by atoms with van der Waals surface area (Å²) < 4.78 is 15.0. The number of hydrogen-bond acceptors (Lipinski definition) is 6. The second-order valence-electron chi connectivity index (χ2n) is 14.3. The molecule has 4 amide bonds. The number of nitrogens with one attached hydrogen (secondary N) is 1. The standard InChI is InChI=1S/C42H49FN6O5/c1-4-6-18-46(19-7-5-2)42(54)37-20-28(3)49(45-37)38-17-16-34(23-36(38)41(53)48-26-31-11-9-8-10-30(31)21-35(48)27-50)44-40(52)32-22-39(51)47(25-32)24-29-12-14-33(43)15-13-29/h8-17,20,23,32,35,50H,4-7,18-19,21-22,24-27H2,1-3H3,(H,44,52)/t32?,35-/m0/s1. The molecule has 0 radical (unpaired) electrons. The Labute approximate surface area is 315 Å². The van der Waals surface area contributed by atoms with Crippen molar-refractivity contribution in [3.05, 3.63) is 112 Å². The average molecular weight is 737 g/mol. The number of hydrogen-bond donors (Lipinski definition) is 2. The van der Waals surface area contributed by atoms with Gasteiger partial charge >= 0.3 is 0 Å². The van der Waals surface area contributed by atoms with Crippen LogP contribution in [0.25, 0.3) is 5.69 Å². The predicted molar refractivity (Wildman–Crippen MR) is 203 cm³/mol. The molecular formula is C42H49FN6O5. The molecular weight excluding hydrogens is 687 g/mol. The first kappa shape index (κ1) is 38.4. The number of likely N-dealkylation sites (tertiary alicyclic amines) is 1. The van der Waals surface area contributed by atoms with Gasteiger partial charge in [0.05, 0.1) is 29.8 Å². The Hall–Kier alpha value is -5.36. The maximum atomic E-state index is 14.7. The van der Waals surface area contributed by atoms with Gasteiger partial charge in [0.1, 0.15) is 5.82 Å². The van der Waals surface area contributed by atoms with Crippen LogP contribution in [-0.4, -0.2) is 85.5 Å². The molecule has 54 heavy (non-hydrogen) atoms. The monoisotopic (exact) mass is 736 g/mol. The summed E-state index contributed by atoms with van der Waals surface area (Å²) in [7, 11) is 0. The van der Waals surface area contributed by atoms with E-state index >= 15 is 0 Å². The molecule has 0 saturated carbocycles. The fourth-order valence-corrected chi connectivity index (χ4v) is 7.27. The van der Waals surface area contributed by atoms with Gasteiger partial charge in [0, 0.05) is 50.5 Å². The molecule has 0 spiro atoms. The van der Waals surface area contributed by atoms with E-state index in [1.165, 1.54) is 12.1 Å². The summed E-state index contributed by atoms with van der Waals surface area (Å²) in [6.07, 6.45) is 4.19. The number of anilines is 1. The minimum absolute atomic E-state index is 0.0269. The maximum absolute atomic E-state index is 14.7. The van der Waals surface area contributed by atoms with Gasteiger partial charge in [0.15, 0.2) is 5.69 Å². The second-order valence-corrected chi connectivity index (χ2v) is 14.3. The molecule has 2 aliphatic rings. The number of fused-ring (bicyclic) bond motifs is 1. The van der Waals surface area contributed by atoms with Gasteiger partial charge < -0.3 is 25.1 Å². The fourth-order valence-electron chi connectivity index (χ4n) is 7.27. The quantitative estimate of drug-likeness (QED) is 0.166. The molecule has 0 bridgehead atoms. The zero-order valence-corrected chi connectivity index (χ0v) is 31.3. The highest BCUT2D eigenvalue weighted by Gasteiger charge is 2.35. The van der Waals surface area contributed by atoms with Crippen LogP contribution in [0, 0.1) is 18.7 Å². The lowest BCUT2D eigenvalue weighted by molar-refractivity contribution is -0.128. The molecule has 4 aromatic rings. The molecule has 12 heteroatoms. The minimum atomic E-state index is -0.626. The predicted octanol–water partition coefficient (Wildman–Crippen LogP) is 5.91. The van der Waals surface area contributed by atoms with Gasteiger partial charge in [-0.25, -0.2) is 9.07 Å². The van der Waals surface area contributed by atoms with Gasteiger partial charge in [-0.1, -0.05) is 63.1 Å². The van der Waals surface area contributed by atoms with E-state index in [0.717, 1.165) is 42.4 Å². The number of aromatic nitrogens is 2. The van der Waals surface area contributed by atoms with Crippen LogP contribution in [0.3, 0.4) is 0 Å². The van der Waals surface area contributed by atoms with E-state index in [1.807, 2.05) is 36.1 Å². The van der Waals surface area contributed by atoms with Crippen LogP contribution in [0.2, 0.25) is 0 Å². The highest BCUT2D eigenvalue weighted by Crippen LogP contribution is 2.30. The zero-order valence-electron chi connectivity index (χ0n) is 31.3. The fraction of sp³-hybridized carbons (Fsp3) is 0.405. The van der Waals surface area contributed by atoms with Gasteiger partial charge in [-0.3, -0.25) is 19.2 Å². The number of rotatable bonds is 14. The van der Waals surface area contributed by atoms with Gasteiger partial charge in [-0.15, -0.1) is 0 Å². The second kappa shape index (κ2) is 17.2. The Morgan fingerprint density at radius 3 is 2.33 bits per heavy atom. The van der Waals surface area contributed by atoms with Crippen molar-refractivity contribution >= 4 is 29.3 Å². The highest BCUT2D eigenvalue weighted by molar-refractivity contribution is 6.02. The lowest BCUT2D eigenvalue weighted by Gasteiger charge is -2.36. The van der Waals surface area contributed by atoms with E-state index in [4.69, 9.17) is 5.10 Å². The number of carbonyl (C=O) groups is 4. The van der Waals surface area contributed by atoms with Crippen LogP contribution in [0.5, 0.6) is 0 Å². The van der Waals surface area contributed by atoms with E-state index in [0.29, 0.717) is 36.6 Å². The number of aliphatic hydroxyl groups excluding tert-OH is 1. The van der Waals surface area contributed by atoms with E-state index < -0.39 is 12.0 Å². The van der Waals surface area contributed by atoms with Crippen molar-refractivity contribution in [2.45, 2.75) is 78.4 Å². The molecule has 2 aliphatic heterocycles. The summed E-state index contributed by atoms with van der Waals surface area (Å²) >= 11 is 0. The molecule has 3 aromatic carbocycles. The number of carbonyl (C=O) groups excluding carboxylic acids is 4. The van der Waals surface area contributed by atoms with Crippen LogP contribution < -0.4 is 5.32 Å². The van der Waals surface area contributed by atoms with E-state index in [-0.39, 0.29) is 73.4 Å². The lowest BCUT2D eigenvalue weighted by Crippen LogP contribution is -2.46. The van der Waals surface area contributed by atoms with Gasteiger partial charge in [-0.2, -0.15) is 5.10 Å². The third-order valence-electron chi connectivity index (χ3n) is 10.4. The first-order chi connectivity index (χ1) is 26.1. The lowest BCUT2D eigenvalue weighted by atomic mass is 9.93. The number of halogens is 1. The van der Waals surface area contributed by atoms with Crippen molar-refractivity contribution in [2.24, 2.45) is 5.92 Å². The third kappa shape index (κ3) is 8.54. The van der Waals surface area contributed by atoms with Gasteiger partial charge in [-0.05, 0) is 79.3 Å². The van der Waals surface area contributed by atoms with Crippen molar-refractivity contribution in [3.63, 3.8) is 0 Å². The van der Waals surface area contributed by atoms with Crippen molar-refractivity contribution in [2.75, 3.05) is 31.6 Å². The highest BCUT2D eigenvalue weighted by atomic mass is 19.1. The normalized spacial score (nSPS) is 16.7. The van der Waals surface area contributed by atoms with Crippen molar-refractivity contribution in [1.82, 2.24) is 24.5 Å². The summed E-state index contributed by atoms with van der Waals surface area (Å²) in [5.41, 5.74) is 4.80. The largest absolute Gasteiger partial charge is 0.394 e. The summed E-state index contributed by atoms with van der Waals surface area (Å²) in [6.45, 7) is 7.80. The molecule has 2 N–H and O–H groups in total. The smallest absolute Gasteiger partial charge is 0.274 e. The molecule has 1 aromatic heterocycles. The zero-order chi connectivity index (χ0) is 38.4. The van der Waals surface area contributed by atoms with Gasteiger partial charge in [0.25, 0.3) is 11.8 Å². The summed E-state index contributed by atoms with van der Waals surface area (Å²) in [5, 5.41) is 18.1. The Balaban J connectivity index is 1.30. The molecule has 1 unspecified atom stereocenters. The Morgan fingerprint density at radius 2 is 1.65 bits per heavy atom. The molecule has 284 valence electrons. The molecule has 1 saturated heterocycles. The number of nitrogens with zero attached hydrogens (tertiary/aromatic N) is 5. The number of aliphatic hydroxyl groups is 1. The van der Waals surface area contributed by atoms with Crippen molar-refractivity contribution < 1.29 is 28.7 Å². The molecule has 0 aliphatic carbocycles. The van der Waals surface area contributed by atoms with E-state index in [2.05, 4.69) is 19.2 Å². The Morgan fingerprint density at radius 1 is 0.944 bits per heavy atom. The van der Waals surface area contributed by atoms with E-state index in [9.17, 15) is 28.7 Å².